The quantitative estimate of drug-likeness (QED) is 0.644. The zero-order chi connectivity index (χ0) is 9.90. The maximum Gasteiger partial charge on any atom is 0.299 e. The summed E-state index contributed by atoms with van der Waals surface area (Å²) in [6.45, 7) is 1.78. The summed E-state index contributed by atoms with van der Waals surface area (Å²) in [4.78, 5) is 1.87. The molecule has 0 aromatic rings. The molecule has 78 valence electrons. The minimum atomic E-state index is -3.58. The number of rotatable bonds is 3. The molecule has 1 heterocycles. The fraction of sp³-hybridized carbons (Fsp3) is 1.00. The van der Waals surface area contributed by atoms with E-state index in [1.807, 2.05) is 4.90 Å². The first-order valence-electron chi connectivity index (χ1n) is 4.02. The van der Waals surface area contributed by atoms with Gasteiger partial charge in [-0.3, -0.25) is 4.90 Å². The number of hydrogen-bond acceptors (Lipinski definition) is 3. The second-order valence-electron chi connectivity index (χ2n) is 2.87. The average molecular weight is 231 g/mol. The lowest BCUT2D eigenvalue weighted by Gasteiger charge is -2.31. The Morgan fingerprint density at radius 2 is 1.77 bits per heavy atom. The number of alkyl halides is 1. The van der Waals surface area contributed by atoms with Gasteiger partial charge in [-0.15, -0.1) is 0 Å². The smallest absolute Gasteiger partial charge is 0.298 e. The van der Waals surface area contributed by atoms with Gasteiger partial charge in [0.25, 0.3) is 9.24 Å². The van der Waals surface area contributed by atoms with Crippen LogP contribution in [0.2, 0.25) is 0 Å². The molecule has 1 fully saturated rings. The van der Waals surface area contributed by atoms with Crippen molar-refractivity contribution in [1.82, 2.24) is 9.21 Å². The molecule has 0 aliphatic carbocycles. The second kappa shape index (κ2) is 4.54. The summed E-state index contributed by atoms with van der Waals surface area (Å²) in [7, 11) is 1.56. The van der Waals surface area contributed by atoms with E-state index in [4.69, 9.17) is 10.7 Å². The first kappa shape index (κ1) is 11.2. The third-order valence-electron chi connectivity index (χ3n) is 2.04. The van der Waals surface area contributed by atoms with Gasteiger partial charge in [0.1, 0.15) is 6.67 Å². The zero-order valence-electron chi connectivity index (χ0n) is 7.12. The largest absolute Gasteiger partial charge is 0.299 e. The molecule has 0 bridgehead atoms. The molecule has 1 rings (SSSR count). The molecular formula is C6H12ClFN2O2S. The van der Waals surface area contributed by atoms with Gasteiger partial charge >= 0.3 is 0 Å². The van der Waals surface area contributed by atoms with Gasteiger partial charge in [0, 0.05) is 43.4 Å². The Hall–Kier alpha value is 0.0900. The molecule has 0 atom stereocenters. The van der Waals surface area contributed by atoms with Crippen LogP contribution in [0.15, 0.2) is 0 Å². The van der Waals surface area contributed by atoms with Gasteiger partial charge < -0.3 is 0 Å². The highest BCUT2D eigenvalue weighted by Gasteiger charge is 2.24. The van der Waals surface area contributed by atoms with E-state index in [1.165, 1.54) is 4.31 Å². The number of halogens is 2. The van der Waals surface area contributed by atoms with Gasteiger partial charge in [-0.25, -0.2) is 4.39 Å². The van der Waals surface area contributed by atoms with Crippen LogP contribution in [0.4, 0.5) is 4.39 Å². The predicted molar refractivity (Wildman–Crippen MR) is 48.8 cm³/mol. The van der Waals surface area contributed by atoms with Crippen LogP contribution in [0, 0.1) is 0 Å². The van der Waals surface area contributed by atoms with Crippen molar-refractivity contribution in [3.63, 3.8) is 0 Å². The second-order valence-corrected chi connectivity index (χ2v) is 5.38. The number of hydrogen-bond donors (Lipinski definition) is 0. The van der Waals surface area contributed by atoms with Crippen molar-refractivity contribution in [2.45, 2.75) is 0 Å². The van der Waals surface area contributed by atoms with Crippen LogP contribution < -0.4 is 0 Å². The molecule has 1 aliphatic heterocycles. The van der Waals surface area contributed by atoms with Gasteiger partial charge in [-0.1, -0.05) is 0 Å². The zero-order valence-corrected chi connectivity index (χ0v) is 8.69. The molecule has 0 N–H and O–H groups in total. The van der Waals surface area contributed by atoms with Crippen molar-refractivity contribution in [2.75, 3.05) is 39.4 Å². The number of nitrogens with zero attached hydrogens (tertiary/aromatic N) is 2. The lowest BCUT2D eigenvalue weighted by Crippen LogP contribution is -2.47. The molecule has 1 aliphatic rings. The maximum atomic E-state index is 11.9. The van der Waals surface area contributed by atoms with Gasteiger partial charge in [0.15, 0.2) is 0 Å². The molecule has 7 heteroatoms. The average Bonchev–Trinajstić information content (AvgIpc) is 2.04. The molecular weight excluding hydrogens is 219 g/mol. The highest BCUT2D eigenvalue weighted by atomic mass is 35.7. The molecule has 0 unspecified atom stereocenters. The molecule has 13 heavy (non-hydrogen) atoms. The Morgan fingerprint density at radius 3 is 2.15 bits per heavy atom. The van der Waals surface area contributed by atoms with Gasteiger partial charge in [0.2, 0.25) is 0 Å². The fourth-order valence-electron chi connectivity index (χ4n) is 1.29. The first-order valence-corrected chi connectivity index (χ1v) is 6.28. The van der Waals surface area contributed by atoms with Crippen LogP contribution in [0.5, 0.6) is 0 Å². The van der Waals surface area contributed by atoms with Crippen LogP contribution in [0.3, 0.4) is 0 Å². The molecule has 0 saturated carbocycles. The van der Waals surface area contributed by atoms with Crippen molar-refractivity contribution in [2.24, 2.45) is 0 Å². The van der Waals surface area contributed by atoms with E-state index in [1.54, 1.807) is 0 Å². The SMILES string of the molecule is O=S(=O)(Cl)N1CCN(CCF)CC1. The van der Waals surface area contributed by atoms with E-state index in [2.05, 4.69) is 0 Å². The summed E-state index contributed by atoms with van der Waals surface area (Å²) < 4.78 is 34.8. The summed E-state index contributed by atoms with van der Waals surface area (Å²) in [5.41, 5.74) is 0. The van der Waals surface area contributed by atoms with E-state index in [9.17, 15) is 12.8 Å². The van der Waals surface area contributed by atoms with E-state index in [0.29, 0.717) is 32.7 Å². The van der Waals surface area contributed by atoms with Crippen LogP contribution in [0.1, 0.15) is 0 Å². The maximum absolute atomic E-state index is 11.9. The summed E-state index contributed by atoms with van der Waals surface area (Å²) >= 11 is 0. The van der Waals surface area contributed by atoms with Gasteiger partial charge in [0.05, 0.1) is 0 Å². The Labute approximate surface area is 81.8 Å². The lowest BCUT2D eigenvalue weighted by atomic mass is 10.4. The molecule has 0 spiro atoms. The summed E-state index contributed by atoms with van der Waals surface area (Å²) in [6.07, 6.45) is 0. The van der Waals surface area contributed by atoms with Crippen molar-refractivity contribution in [1.29, 1.82) is 0 Å². The summed E-state index contributed by atoms with van der Waals surface area (Å²) in [6, 6.07) is 0. The van der Waals surface area contributed by atoms with E-state index in [0.717, 1.165) is 0 Å². The van der Waals surface area contributed by atoms with Crippen molar-refractivity contribution < 1.29 is 12.8 Å². The standard InChI is InChI=1S/C6H12ClFN2O2S/c7-13(11,12)10-5-3-9(2-1-8)4-6-10/h1-6H2. The number of piperazine rings is 1. The Bertz CT molecular complexity index is 251. The highest BCUT2D eigenvalue weighted by Crippen LogP contribution is 2.10. The van der Waals surface area contributed by atoms with E-state index in [-0.39, 0.29) is 0 Å². The van der Waals surface area contributed by atoms with Crippen molar-refractivity contribution in [3.05, 3.63) is 0 Å². The topological polar surface area (TPSA) is 40.6 Å². The van der Waals surface area contributed by atoms with Crippen LogP contribution in [-0.2, 0) is 9.24 Å². The van der Waals surface area contributed by atoms with E-state index >= 15 is 0 Å². The van der Waals surface area contributed by atoms with E-state index < -0.39 is 15.9 Å². The molecule has 0 aromatic carbocycles. The molecule has 0 aromatic heterocycles. The van der Waals surface area contributed by atoms with Crippen LogP contribution in [-0.4, -0.2) is 57.0 Å². The van der Waals surface area contributed by atoms with Gasteiger partial charge in [-0.05, 0) is 0 Å². The summed E-state index contributed by atoms with van der Waals surface area (Å²) in [5.74, 6) is 0. The third kappa shape index (κ3) is 3.38. The third-order valence-corrected chi connectivity index (χ3v) is 3.61. The molecule has 0 radical (unpaired) electrons. The fourth-order valence-corrected chi connectivity index (χ4v) is 2.30. The van der Waals surface area contributed by atoms with Crippen LogP contribution in [0.25, 0.3) is 0 Å². The monoisotopic (exact) mass is 230 g/mol. The summed E-state index contributed by atoms with van der Waals surface area (Å²) in [5, 5.41) is 0. The predicted octanol–water partition coefficient (Wildman–Crippen LogP) is 0.0571. The Balaban J connectivity index is 2.39. The Morgan fingerprint density at radius 1 is 1.23 bits per heavy atom. The van der Waals surface area contributed by atoms with Crippen molar-refractivity contribution >= 4 is 19.9 Å². The first-order chi connectivity index (χ1) is 6.04. The minimum absolute atomic E-state index is 0.353. The lowest BCUT2D eigenvalue weighted by molar-refractivity contribution is 0.178. The van der Waals surface area contributed by atoms with Crippen molar-refractivity contribution in [3.8, 4) is 0 Å². The molecule has 4 nitrogen and oxygen atoms in total. The minimum Gasteiger partial charge on any atom is -0.298 e. The Kier molecular flexibility index (Phi) is 3.90. The normalized spacial score (nSPS) is 22.0. The molecule has 1 saturated heterocycles. The van der Waals surface area contributed by atoms with Gasteiger partial charge in [-0.2, -0.15) is 12.7 Å². The highest BCUT2D eigenvalue weighted by molar-refractivity contribution is 8.11. The van der Waals surface area contributed by atoms with Crippen LogP contribution >= 0.6 is 10.7 Å². The molecule has 0 amide bonds.